The van der Waals surface area contributed by atoms with Crippen LogP contribution >= 0.6 is 0 Å². The highest BCUT2D eigenvalue weighted by molar-refractivity contribution is 5.40. The Morgan fingerprint density at radius 2 is 1.29 bits per heavy atom. The average molecular weight is 326 g/mol. The van der Waals surface area contributed by atoms with Crippen LogP contribution in [0.25, 0.3) is 0 Å². The molecule has 1 aliphatic heterocycles. The molecular formula is C21H30N2O+2. The molecule has 1 fully saturated rings. The Morgan fingerprint density at radius 1 is 0.750 bits per heavy atom. The molecule has 3 heteroatoms. The Labute approximate surface area is 145 Å². The van der Waals surface area contributed by atoms with Crippen molar-refractivity contribution in [2.45, 2.75) is 33.9 Å². The lowest BCUT2D eigenvalue weighted by atomic mass is 10.0. The summed E-state index contributed by atoms with van der Waals surface area (Å²) in [4.78, 5) is 3.26. The number of rotatable bonds is 4. The zero-order chi connectivity index (χ0) is 17.1. The maximum Gasteiger partial charge on any atom is 0.127 e. The molecule has 1 aliphatic rings. The predicted octanol–water partition coefficient (Wildman–Crippen LogP) is 0.801. The summed E-state index contributed by atoms with van der Waals surface area (Å²) in [5, 5.41) is 10.2. The smallest absolute Gasteiger partial charge is 0.127 e. The second-order valence-corrected chi connectivity index (χ2v) is 7.35. The van der Waals surface area contributed by atoms with Gasteiger partial charge < -0.3 is 14.9 Å². The van der Waals surface area contributed by atoms with Crippen molar-refractivity contribution in [1.29, 1.82) is 0 Å². The first-order chi connectivity index (χ1) is 11.5. The van der Waals surface area contributed by atoms with Gasteiger partial charge in [-0.05, 0) is 49.6 Å². The molecule has 0 atom stereocenters. The van der Waals surface area contributed by atoms with E-state index in [0.29, 0.717) is 5.75 Å². The molecule has 0 bridgehead atoms. The SMILES string of the molecule is Cc1cc(O)c(C[NH+]2CC[NH+](Cc3ccccc3C)CC2)cc1C. The molecule has 1 heterocycles. The Hall–Kier alpha value is -1.84. The third-order valence-electron chi connectivity index (χ3n) is 5.50. The van der Waals surface area contributed by atoms with Crippen LogP contribution in [-0.4, -0.2) is 31.3 Å². The average Bonchev–Trinajstić information content (AvgIpc) is 2.56. The van der Waals surface area contributed by atoms with Crippen LogP contribution in [0.2, 0.25) is 0 Å². The van der Waals surface area contributed by atoms with Crippen LogP contribution < -0.4 is 9.80 Å². The lowest BCUT2D eigenvalue weighted by molar-refractivity contribution is -1.02. The van der Waals surface area contributed by atoms with Crippen molar-refractivity contribution in [2.75, 3.05) is 26.2 Å². The Kier molecular flexibility index (Phi) is 5.22. The monoisotopic (exact) mass is 326 g/mol. The zero-order valence-electron chi connectivity index (χ0n) is 15.2. The van der Waals surface area contributed by atoms with E-state index in [4.69, 9.17) is 0 Å². The summed E-state index contributed by atoms with van der Waals surface area (Å²) < 4.78 is 0. The number of hydrogen-bond donors (Lipinski definition) is 3. The molecule has 3 rings (SSSR count). The van der Waals surface area contributed by atoms with Gasteiger partial charge in [-0.25, -0.2) is 0 Å². The number of aromatic hydroxyl groups is 1. The van der Waals surface area contributed by atoms with Gasteiger partial charge in [-0.2, -0.15) is 0 Å². The fraction of sp³-hybridized carbons (Fsp3) is 0.429. The Balaban J connectivity index is 1.56. The minimum Gasteiger partial charge on any atom is -0.507 e. The Morgan fingerprint density at radius 3 is 1.92 bits per heavy atom. The van der Waals surface area contributed by atoms with Crippen LogP contribution in [0.4, 0.5) is 0 Å². The fourth-order valence-corrected chi connectivity index (χ4v) is 3.66. The molecule has 24 heavy (non-hydrogen) atoms. The minimum atomic E-state index is 0.459. The van der Waals surface area contributed by atoms with Crippen molar-refractivity contribution in [1.82, 2.24) is 0 Å². The molecule has 2 aromatic carbocycles. The van der Waals surface area contributed by atoms with Crippen LogP contribution in [-0.2, 0) is 13.1 Å². The Bertz CT molecular complexity index is 703. The maximum atomic E-state index is 10.2. The van der Waals surface area contributed by atoms with Gasteiger partial charge in [-0.3, -0.25) is 0 Å². The lowest BCUT2D eigenvalue weighted by Gasteiger charge is -2.30. The molecule has 0 unspecified atom stereocenters. The van der Waals surface area contributed by atoms with Gasteiger partial charge in [0, 0.05) is 11.1 Å². The van der Waals surface area contributed by atoms with Crippen molar-refractivity contribution in [2.24, 2.45) is 0 Å². The van der Waals surface area contributed by atoms with Gasteiger partial charge in [0.2, 0.25) is 0 Å². The normalized spacial score (nSPS) is 21.0. The maximum absolute atomic E-state index is 10.2. The summed E-state index contributed by atoms with van der Waals surface area (Å²) in [6.45, 7) is 13.2. The number of phenols is 1. The molecule has 0 radical (unpaired) electrons. The molecule has 3 N–H and O–H groups in total. The highest BCUT2D eigenvalue weighted by atomic mass is 16.3. The molecule has 0 aromatic heterocycles. The van der Waals surface area contributed by atoms with E-state index < -0.39 is 0 Å². The summed E-state index contributed by atoms with van der Waals surface area (Å²) in [5.41, 5.74) is 6.41. The van der Waals surface area contributed by atoms with Crippen molar-refractivity contribution >= 4 is 0 Å². The van der Waals surface area contributed by atoms with Gasteiger partial charge in [0.1, 0.15) is 45.0 Å². The molecule has 3 nitrogen and oxygen atoms in total. The first kappa shape index (κ1) is 17.0. The van der Waals surface area contributed by atoms with Crippen molar-refractivity contribution in [3.63, 3.8) is 0 Å². The summed E-state index contributed by atoms with van der Waals surface area (Å²) in [6, 6.07) is 12.8. The molecule has 128 valence electrons. The van der Waals surface area contributed by atoms with E-state index in [1.807, 2.05) is 6.07 Å². The highest BCUT2D eigenvalue weighted by Crippen LogP contribution is 2.20. The summed E-state index contributed by atoms with van der Waals surface area (Å²) in [5.74, 6) is 0.459. The summed E-state index contributed by atoms with van der Waals surface area (Å²) >= 11 is 0. The van der Waals surface area contributed by atoms with E-state index >= 15 is 0 Å². The minimum absolute atomic E-state index is 0.459. The van der Waals surface area contributed by atoms with Gasteiger partial charge in [-0.1, -0.05) is 24.3 Å². The van der Waals surface area contributed by atoms with Crippen LogP contribution in [0.3, 0.4) is 0 Å². The number of phenolic OH excluding ortho intramolecular Hbond substituents is 1. The number of quaternary nitrogens is 2. The van der Waals surface area contributed by atoms with E-state index in [-0.39, 0.29) is 0 Å². The third-order valence-corrected chi connectivity index (χ3v) is 5.50. The molecule has 0 amide bonds. The van der Waals surface area contributed by atoms with Crippen LogP contribution in [0.1, 0.15) is 27.8 Å². The van der Waals surface area contributed by atoms with Gasteiger partial charge in [0.15, 0.2) is 0 Å². The summed E-state index contributed by atoms with van der Waals surface area (Å²) in [6.07, 6.45) is 0. The van der Waals surface area contributed by atoms with E-state index in [9.17, 15) is 5.11 Å². The molecule has 2 aromatic rings. The number of piperazine rings is 1. The van der Waals surface area contributed by atoms with Gasteiger partial charge in [0.25, 0.3) is 0 Å². The van der Waals surface area contributed by atoms with Crippen molar-refractivity contribution < 1.29 is 14.9 Å². The highest BCUT2D eigenvalue weighted by Gasteiger charge is 2.24. The quantitative estimate of drug-likeness (QED) is 0.762. The lowest BCUT2D eigenvalue weighted by Crippen LogP contribution is -3.27. The number of nitrogens with one attached hydrogen (secondary N) is 2. The van der Waals surface area contributed by atoms with Gasteiger partial charge in [0.05, 0.1) is 0 Å². The van der Waals surface area contributed by atoms with Gasteiger partial charge >= 0.3 is 0 Å². The number of hydrogen-bond acceptors (Lipinski definition) is 1. The second-order valence-electron chi connectivity index (χ2n) is 7.35. The molecule has 0 spiro atoms. The van der Waals surface area contributed by atoms with Crippen LogP contribution in [0.5, 0.6) is 5.75 Å². The number of benzene rings is 2. The topological polar surface area (TPSA) is 29.1 Å². The summed E-state index contributed by atoms with van der Waals surface area (Å²) in [7, 11) is 0. The third kappa shape index (κ3) is 3.97. The van der Waals surface area contributed by atoms with Crippen LogP contribution in [0.15, 0.2) is 36.4 Å². The first-order valence-electron chi connectivity index (χ1n) is 9.03. The molecular weight excluding hydrogens is 296 g/mol. The van der Waals surface area contributed by atoms with Crippen LogP contribution in [0, 0.1) is 20.8 Å². The van der Waals surface area contributed by atoms with E-state index in [2.05, 4.69) is 51.1 Å². The van der Waals surface area contributed by atoms with E-state index in [1.54, 1.807) is 9.80 Å². The van der Waals surface area contributed by atoms with Crippen molar-refractivity contribution in [3.05, 3.63) is 64.2 Å². The fourth-order valence-electron chi connectivity index (χ4n) is 3.66. The molecule has 1 saturated heterocycles. The van der Waals surface area contributed by atoms with Crippen molar-refractivity contribution in [3.8, 4) is 5.75 Å². The van der Waals surface area contributed by atoms with E-state index in [1.165, 1.54) is 48.4 Å². The number of aryl methyl sites for hydroxylation is 3. The molecule has 0 saturated carbocycles. The predicted molar refractivity (Wildman–Crippen MR) is 97.6 cm³/mol. The van der Waals surface area contributed by atoms with Gasteiger partial charge in [-0.15, -0.1) is 0 Å². The van der Waals surface area contributed by atoms with E-state index in [0.717, 1.165) is 18.7 Å². The first-order valence-corrected chi connectivity index (χ1v) is 9.03. The largest absolute Gasteiger partial charge is 0.507 e. The zero-order valence-corrected chi connectivity index (χ0v) is 15.2. The second kappa shape index (κ2) is 7.37. The molecule has 0 aliphatic carbocycles. The standard InChI is InChI=1S/C21H28N2O/c1-16-6-4-5-7-19(16)14-22-8-10-23(11-9-22)15-20-12-17(2)18(3)13-21(20)24/h4-7,12-13,24H,8-11,14-15H2,1-3H3/p+2.